The van der Waals surface area contributed by atoms with Crippen molar-refractivity contribution >= 4 is 11.6 Å². The zero-order valence-electron chi connectivity index (χ0n) is 12.4. The summed E-state index contributed by atoms with van der Waals surface area (Å²) in [6.07, 6.45) is 3.92. The molecule has 1 saturated carbocycles. The van der Waals surface area contributed by atoms with Crippen LogP contribution in [0.3, 0.4) is 0 Å². The molecule has 22 heavy (non-hydrogen) atoms. The van der Waals surface area contributed by atoms with Gasteiger partial charge in [-0.15, -0.1) is 0 Å². The highest BCUT2D eigenvalue weighted by atomic mass is 16.5. The molecule has 5 nitrogen and oxygen atoms in total. The predicted octanol–water partition coefficient (Wildman–Crippen LogP) is 2.78. The van der Waals surface area contributed by atoms with Gasteiger partial charge in [-0.25, -0.2) is 9.97 Å². The summed E-state index contributed by atoms with van der Waals surface area (Å²) in [5.41, 5.74) is 1.26. The zero-order valence-corrected chi connectivity index (χ0v) is 12.4. The lowest BCUT2D eigenvalue weighted by atomic mass is 10.1. The van der Waals surface area contributed by atoms with E-state index in [0.717, 1.165) is 30.1 Å². The summed E-state index contributed by atoms with van der Waals surface area (Å²) in [6.45, 7) is 2.47. The van der Waals surface area contributed by atoms with Crippen molar-refractivity contribution in [1.82, 2.24) is 9.97 Å². The molecule has 4 rings (SSSR count). The van der Waals surface area contributed by atoms with Crippen molar-refractivity contribution in [2.75, 3.05) is 11.5 Å². The van der Waals surface area contributed by atoms with Crippen LogP contribution in [0.4, 0.5) is 5.69 Å². The van der Waals surface area contributed by atoms with Gasteiger partial charge in [0.15, 0.2) is 0 Å². The average molecular weight is 295 g/mol. The summed E-state index contributed by atoms with van der Waals surface area (Å²) in [5, 5.41) is 0. The lowest BCUT2D eigenvalue weighted by Crippen LogP contribution is -2.45. The Hall–Kier alpha value is -2.43. The van der Waals surface area contributed by atoms with E-state index >= 15 is 0 Å². The molecule has 1 aliphatic carbocycles. The summed E-state index contributed by atoms with van der Waals surface area (Å²) >= 11 is 0. The molecule has 2 aliphatic rings. The van der Waals surface area contributed by atoms with Crippen LogP contribution >= 0.6 is 0 Å². The lowest BCUT2D eigenvalue weighted by Gasteiger charge is -2.34. The standard InChI is InChI=1S/C17H17N3O2/c1-11-10-22-15-5-3-2-4-14(15)20(11)17(21)13-8-9-18-16(19-13)12-6-7-12/h2-5,8-9,11-12H,6-7,10H2,1H3. The molecule has 1 aliphatic heterocycles. The fourth-order valence-corrected chi connectivity index (χ4v) is 2.76. The van der Waals surface area contributed by atoms with Gasteiger partial charge in [-0.05, 0) is 38.0 Å². The number of anilines is 1. The first-order valence-corrected chi connectivity index (χ1v) is 7.62. The Labute approximate surface area is 129 Å². The molecule has 0 bridgehead atoms. The number of hydrogen-bond acceptors (Lipinski definition) is 4. The normalized spacial score (nSPS) is 20.2. The molecular weight excluding hydrogens is 278 g/mol. The largest absolute Gasteiger partial charge is 0.489 e. The Balaban J connectivity index is 1.71. The number of amides is 1. The van der Waals surface area contributed by atoms with Crippen LogP contribution in [0.5, 0.6) is 5.75 Å². The maximum atomic E-state index is 12.9. The van der Waals surface area contributed by atoms with Crippen molar-refractivity contribution in [3.63, 3.8) is 0 Å². The van der Waals surface area contributed by atoms with Crippen molar-refractivity contribution in [2.45, 2.75) is 31.7 Å². The van der Waals surface area contributed by atoms with Crippen LogP contribution in [-0.4, -0.2) is 28.5 Å². The zero-order chi connectivity index (χ0) is 15.1. The van der Waals surface area contributed by atoms with Crippen molar-refractivity contribution < 1.29 is 9.53 Å². The fourth-order valence-electron chi connectivity index (χ4n) is 2.76. The van der Waals surface area contributed by atoms with Crippen LogP contribution in [0, 0.1) is 0 Å². The second-order valence-corrected chi connectivity index (χ2v) is 5.88. The fraction of sp³-hybridized carbons (Fsp3) is 0.353. The van der Waals surface area contributed by atoms with Crippen molar-refractivity contribution in [3.05, 3.63) is 48.0 Å². The van der Waals surface area contributed by atoms with E-state index in [9.17, 15) is 4.79 Å². The SMILES string of the molecule is CC1COc2ccccc2N1C(=O)c1ccnc(C2CC2)n1. The first-order valence-electron chi connectivity index (χ1n) is 7.62. The number of carbonyl (C=O) groups is 1. The van der Waals surface area contributed by atoms with Crippen LogP contribution in [0.1, 0.15) is 42.0 Å². The minimum Gasteiger partial charge on any atom is -0.489 e. The van der Waals surface area contributed by atoms with E-state index in [2.05, 4.69) is 9.97 Å². The van der Waals surface area contributed by atoms with Crippen molar-refractivity contribution in [2.24, 2.45) is 0 Å². The summed E-state index contributed by atoms with van der Waals surface area (Å²) in [4.78, 5) is 23.5. The Bertz CT molecular complexity index is 727. The number of hydrogen-bond donors (Lipinski definition) is 0. The average Bonchev–Trinajstić information content (AvgIpc) is 3.39. The second-order valence-electron chi connectivity index (χ2n) is 5.88. The monoisotopic (exact) mass is 295 g/mol. The summed E-state index contributed by atoms with van der Waals surface area (Å²) in [7, 11) is 0. The van der Waals surface area contributed by atoms with Gasteiger partial charge in [0.05, 0.1) is 11.7 Å². The maximum Gasteiger partial charge on any atom is 0.277 e. The highest BCUT2D eigenvalue weighted by Crippen LogP contribution is 2.38. The van der Waals surface area contributed by atoms with Crippen LogP contribution in [0.2, 0.25) is 0 Å². The van der Waals surface area contributed by atoms with E-state index in [1.807, 2.05) is 31.2 Å². The Morgan fingerprint density at radius 3 is 2.91 bits per heavy atom. The third-order valence-corrected chi connectivity index (χ3v) is 4.10. The van der Waals surface area contributed by atoms with Gasteiger partial charge in [0, 0.05) is 12.1 Å². The highest BCUT2D eigenvalue weighted by molar-refractivity contribution is 6.06. The lowest BCUT2D eigenvalue weighted by molar-refractivity contribution is 0.0955. The molecule has 0 saturated heterocycles. The van der Waals surface area contributed by atoms with Crippen LogP contribution in [-0.2, 0) is 0 Å². The summed E-state index contributed by atoms with van der Waals surface area (Å²) in [5.74, 6) is 1.88. The molecule has 5 heteroatoms. The summed E-state index contributed by atoms with van der Waals surface area (Å²) in [6, 6.07) is 9.28. The highest BCUT2D eigenvalue weighted by Gasteiger charge is 2.32. The number of nitrogens with zero attached hydrogens (tertiary/aromatic N) is 3. The second kappa shape index (κ2) is 5.09. The third kappa shape index (κ3) is 2.22. The quantitative estimate of drug-likeness (QED) is 0.855. The molecule has 1 amide bonds. The van der Waals surface area contributed by atoms with E-state index < -0.39 is 0 Å². The van der Waals surface area contributed by atoms with Crippen LogP contribution in [0.25, 0.3) is 0 Å². The minimum absolute atomic E-state index is 0.0262. The number of rotatable bonds is 2. The third-order valence-electron chi connectivity index (χ3n) is 4.10. The van der Waals surface area contributed by atoms with E-state index in [0.29, 0.717) is 18.2 Å². The van der Waals surface area contributed by atoms with Crippen molar-refractivity contribution in [1.29, 1.82) is 0 Å². The summed E-state index contributed by atoms with van der Waals surface area (Å²) < 4.78 is 5.70. The van der Waals surface area contributed by atoms with Gasteiger partial charge in [-0.3, -0.25) is 9.69 Å². The Kier molecular flexibility index (Phi) is 3.06. The number of ether oxygens (including phenoxy) is 1. The maximum absolute atomic E-state index is 12.9. The Morgan fingerprint density at radius 2 is 2.09 bits per heavy atom. The molecule has 1 aromatic heterocycles. The molecule has 1 aromatic carbocycles. The topological polar surface area (TPSA) is 55.3 Å². The van der Waals surface area contributed by atoms with Gasteiger partial charge in [0.1, 0.15) is 23.9 Å². The first-order chi connectivity index (χ1) is 10.7. The van der Waals surface area contributed by atoms with Gasteiger partial charge in [-0.1, -0.05) is 12.1 Å². The number of benzene rings is 1. The molecule has 0 radical (unpaired) electrons. The number of aromatic nitrogens is 2. The number of fused-ring (bicyclic) bond motifs is 1. The minimum atomic E-state index is -0.0902. The molecule has 1 atom stereocenters. The molecular formula is C17H17N3O2. The van der Waals surface area contributed by atoms with E-state index in [1.54, 1.807) is 17.2 Å². The van der Waals surface area contributed by atoms with Gasteiger partial charge in [-0.2, -0.15) is 0 Å². The molecule has 2 heterocycles. The first kappa shape index (κ1) is 13.2. The number of para-hydroxylation sites is 2. The van der Waals surface area contributed by atoms with Gasteiger partial charge in [0.25, 0.3) is 5.91 Å². The van der Waals surface area contributed by atoms with Gasteiger partial charge >= 0.3 is 0 Å². The molecule has 0 N–H and O–H groups in total. The van der Waals surface area contributed by atoms with E-state index in [1.165, 1.54) is 0 Å². The molecule has 0 spiro atoms. The molecule has 1 fully saturated rings. The molecule has 112 valence electrons. The van der Waals surface area contributed by atoms with Gasteiger partial charge < -0.3 is 4.74 Å². The van der Waals surface area contributed by atoms with E-state index in [-0.39, 0.29) is 11.9 Å². The van der Waals surface area contributed by atoms with Crippen LogP contribution in [0.15, 0.2) is 36.5 Å². The van der Waals surface area contributed by atoms with Crippen molar-refractivity contribution in [3.8, 4) is 5.75 Å². The van der Waals surface area contributed by atoms with Crippen LogP contribution < -0.4 is 9.64 Å². The number of carbonyl (C=O) groups excluding carboxylic acids is 1. The molecule has 1 unspecified atom stereocenters. The van der Waals surface area contributed by atoms with Gasteiger partial charge in [0.2, 0.25) is 0 Å². The van der Waals surface area contributed by atoms with E-state index in [4.69, 9.17) is 4.74 Å². The predicted molar refractivity (Wildman–Crippen MR) is 82.2 cm³/mol. The molecule has 2 aromatic rings. The Morgan fingerprint density at radius 1 is 1.27 bits per heavy atom. The smallest absolute Gasteiger partial charge is 0.277 e.